The lowest BCUT2D eigenvalue weighted by Gasteiger charge is -2.20. The summed E-state index contributed by atoms with van der Waals surface area (Å²) >= 11 is 0. The Morgan fingerprint density at radius 2 is 0.825 bits per heavy atom. The molecule has 0 aliphatic rings. The molecule has 0 aliphatic heterocycles. The number of allylic oxidation sites excluding steroid dienone is 3. The molecule has 2 atom stereocenters. The minimum absolute atomic E-state index is 0.00848. The molecular formula is C51H97NO5. The summed E-state index contributed by atoms with van der Waals surface area (Å²) in [5.74, 6) is -0.0846. The fourth-order valence-corrected chi connectivity index (χ4v) is 7.57. The van der Waals surface area contributed by atoms with Crippen LogP contribution < -0.4 is 5.32 Å². The Bertz CT molecular complexity index is 889. The maximum Gasteiger partial charge on any atom is 0.305 e. The number of aliphatic hydroxyl groups excluding tert-OH is 2. The van der Waals surface area contributed by atoms with Crippen LogP contribution in [0.2, 0.25) is 0 Å². The van der Waals surface area contributed by atoms with Crippen LogP contribution in [0.5, 0.6) is 0 Å². The lowest BCUT2D eigenvalue weighted by molar-refractivity contribution is -0.143. The van der Waals surface area contributed by atoms with E-state index in [-0.39, 0.29) is 18.5 Å². The first-order valence-electron chi connectivity index (χ1n) is 25.1. The normalized spacial score (nSPS) is 12.8. The van der Waals surface area contributed by atoms with E-state index >= 15 is 0 Å². The van der Waals surface area contributed by atoms with Crippen LogP contribution in [0.4, 0.5) is 0 Å². The summed E-state index contributed by atoms with van der Waals surface area (Å²) in [5, 5.41) is 23.0. The van der Waals surface area contributed by atoms with Gasteiger partial charge in [0.1, 0.15) is 0 Å². The predicted octanol–water partition coefficient (Wildman–Crippen LogP) is 14.7. The topological polar surface area (TPSA) is 95.9 Å². The number of nitrogens with one attached hydrogen (secondary N) is 1. The van der Waals surface area contributed by atoms with Crippen LogP contribution in [0.15, 0.2) is 24.3 Å². The molecule has 0 aromatic rings. The van der Waals surface area contributed by atoms with E-state index in [1.54, 1.807) is 6.08 Å². The van der Waals surface area contributed by atoms with Gasteiger partial charge in [-0.15, -0.1) is 0 Å². The number of rotatable bonds is 46. The predicted molar refractivity (Wildman–Crippen MR) is 246 cm³/mol. The maximum absolute atomic E-state index is 12.4. The van der Waals surface area contributed by atoms with Crippen LogP contribution in [0.25, 0.3) is 0 Å². The Balaban J connectivity index is 3.45. The van der Waals surface area contributed by atoms with Gasteiger partial charge < -0.3 is 20.3 Å². The Labute approximate surface area is 354 Å². The number of unbranched alkanes of at least 4 members (excludes halogenated alkanes) is 33. The zero-order valence-electron chi connectivity index (χ0n) is 38.1. The molecule has 6 heteroatoms. The third-order valence-electron chi connectivity index (χ3n) is 11.5. The van der Waals surface area contributed by atoms with Gasteiger partial charge in [0, 0.05) is 12.8 Å². The van der Waals surface area contributed by atoms with E-state index < -0.39 is 12.1 Å². The van der Waals surface area contributed by atoms with Gasteiger partial charge in [-0.25, -0.2) is 0 Å². The van der Waals surface area contributed by atoms with Gasteiger partial charge in [-0.2, -0.15) is 0 Å². The van der Waals surface area contributed by atoms with Crippen LogP contribution >= 0.6 is 0 Å². The second-order valence-electron chi connectivity index (χ2n) is 17.1. The molecule has 336 valence electrons. The smallest absolute Gasteiger partial charge is 0.305 e. The molecule has 0 rings (SSSR count). The number of carbonyl (C=O) groups excluding carboxylic acids is 2. The number of esters is 1. The van der Waals surface area contributed by atoms with E-state index in [0.717, 1.165) is 44.9 Å². The number of ether oxygens (including phenoxy) is 1. The third-order valence-corrected chi connectivity index (χ3v) is 11.5. The zero-order valence-corrected chi connectivity index (χ0v) is 38.1. The van der Waals surface area contributed by atoms with Crippen molar-refractivity contribution in [3.8, 4) is 0 Å². The maximum atomic E-state index is 12.4. The van der Waals surface area contributed by atoms with Gasteiger partial charge in [0.2, 0.25) is 5.91 Å². The van der Waals surface area contributed by atoms with Crippen molar-refractivity contribution in [3.63, 3.8) is 0 Å². The molecule has 0 spiro atoms. The summed E-state index contributed by atoms with van der Waals surface area (Å²) in [6.07, 6.45) is 54.6. The SMILES string of the molecule is CCCCC/C=C\CCCCCCCC(=O)OCCCCCCCCCCCCCCCCCCC(=O)NC(CO)C(O)/C=C/CCCCCCCCCCCC. The molecule has 0 aromatic heterocycles. The van der Waals surface area contributed by atoms with Crippen molar-refractivity contribution in [2.45, 2.75) is 276 Å². The lowest BCUT2D eigenvalue weighted by Crippen LogP contribution is -2.45. The molecule has 2 unspecified atom stereocenters. The molecule has 0 bridgehead atoms. The number of carbonyl (C=O) groups is 2. The van der Waals surface area contributed by atoms with E-state index in [2.05, 4.69) is 31.3 Å². The summed E-state index contributed by atoms with van der Waals surface area (Å²) in [6.45, 7) is 4.85. The van der Waals surface area contributed by atoms with Crippen molar-refractivity contribution in [1.82, 2.24) is 5.32 Å². The first kappa shape index (κ1) is 55.3. The number of hydrogen-bond acceptors (Lipinski definition) is 5. The number of hydrogen-bond donors (Lipinski definition) is 3. The second kappa shape index (κ2) is 47.0. The van der Waals surface area contributed by atoms with Gasteiger partial charge in [0.25, 0.3) is 0 Å². The average Bonchev–Trinajstić information content (AvgIpc) is 3.21. The first-order valence-corrected chi connectivity index (χ1v) is 25.1. The van der Waals surface area contributed by atoms with Crippen LogP contribution in [-0.2, 0) is 14.3 Å². The average molecular weight is 804 g/mol. The quantitative estimate of drug-likeness (QED) is 0.0324. The van der Waals surface area contributed by atoms with E-state index in [4.69, 9.17) is 4.74 Å². The van der Waals surface area contributed by atoms with Crippen molar-refractivity contribution in [3.05, 3.63) is 24.3 Å². The van der Waals surface area contributed by atoms with Crippen LogP contribution in [-0.4, -0.2) is 47.4 Å². The van der Waals surface area contributed by atoms with E-state index in [1.807, 2.05) is 6.08 Å². The molecule has 0 fully saturated rings. The molecule has 0 saturated carbocycles. The van der Waals surface area contributed by atoms with Crippen molar-refractivity contribution in [2.75, 3.05) is 13.2 Å². The Hall–Kier alpha value is -1.66. The fraction of sp³-hybridized carbons (Fsp3) is 0.882. The van der Waals surface area contributed by atoms with Crippen LogP contribution in [0, 0.1) is 0 Å². The highest BCUT2D eigenvalue weighted by Gasteiger charge is 2.18. The Morgan fingerprint density at radius 3 is 1.28 bits per heavy atom. The Morgan fingerprint density at radius 1 is 0.474 bits per heavy atom. The summed E-state index contributed by atoms with van der Waals surface area (Å²) in [7, 11) is 0. The summed E-state index contributed by atoms with van der Waals surface area (Å²) < 4.78 is 5.45. The summed E-state index contributed by atoms with van der Waals surface area (Å²) in [5.41, 5.74) is 0. The third kappa shape index (κ3) is 43.7. The van der Waals surface area contributed by atoms with Crippen LogP contribution in [0.3, 0.4) is 0 Å². The molecule has 1 amide bonds. The lowest BCUT2D eigenvalue weighted by atomic mass is 10.0. The number of amides is 1. The van der Waals surface area contributed by atoms with Crippen molar-refractivity contribution in [2.24, 2.45) is 0 Å². The fourth-order valence-electron chi connectivity index (χ4n) is 7.57. The van der Waals surface area contributed by atoms with Crippen molar-refractivity contribution in [1.29, 1.82) is 0 Å². The minimum atomic E-state index is -0.847. The molecule has 6 nitrogen and oxygen atoms in total. The molecule has 0 aliphatic carbocycles. The highest BCUT2D eigenvalue weighted by atomic mass is 16.5. The molecule has 0 saturated heterocycles. The van der Waals surface area contributed by atoms with E-state index in [0.29, 0.717) is 19.4 Å². The van der Waals surface area contributed by atoms with Crippen molar-refractivity contribution >= 4 is 11.9 Å². The van der Waals surface area contributed by atoms with Gasteiger partial charge in [0.05, 0.1) is 25.4 Å². The first-order chi connectivity index (χ1) is 28.0. The molecular weight excluding hydrogens is 707 g/mol. The highest BCUT2D eigenvalue weighted by molar-refractivity contribution is 5.76. The van der Waals surface area contributed by atoms with E-state index in [9.17, 15) is 19.8 Å². The monoisotopic (exact) mass is 804 g/mol. The Kier molecular flexibility index (Phi) is 45.7. The molecule has 0 radical (unpaired) electrons. The molecule has 0 aromatic carbocycles. The largest absolute Gasteiger partial charge is 0.466 e. The number of aliphatic hydroxyl groups is 2. The van der Waals surface area contributed by atoms with Gasteiger partial charge >= 0.3 is 5.97 Å². The summed E-state index contributed by atoms with van der Waals surface area (Å²) in [6, 6.07) is -0.631. The highest BCUT2D eigenvalue weighted by Crippen LogP contribution is 2.16. The minimum Gasteiger partial charge on any atom is -0.466 e. The van der Waals surface area contributed by atoms with Gasteiger partial charge in [-0.05, 0) is 57.8 Å². The zero-order chi connectivity index (χ0) is 41.5. The standard InChI is InChI=1S/C51H97NO5/c1-3-5-7-9-11-13-15-23-27-31-35-39-43-49(54)48(47-53)52-50(55)44-40-36-32-28-24-21-19-17-18-20-22-26-30-34-38-42-46-57-51(56)45-41-37-33-29-25-16-14-12-10-8-6-4-2/h12,14,39,43,48-49,53-54H,3-11,13,15-38,40-42,44-47H2,1-2H3,(H,52,55)/b14-12-,43-39+. The second-order valence-corrected chi connectivity index (χ2v) is 17.1. The molecule has 57 heavy (non-hydrogen) atoms. The molecule has 3 N–H and O–H groups in total. The van der Waals surface area contributed by atoms with Gasteiger partial charge in [-0.1, -0.05) is 218 Å². The van der Waals surface area contributed by atoms with Crippen molar-refractivity contribution < 1.29 is 24.5 Å². The van der Waals surface area contributed by atoms with E-state index in [1.165, 1.54) is 193 Å². The van der Waals surface area contributed by atoms with Gasteiger partial charge in [0.15, 0.2) is 0 Å². The van der Waals surface area contributed by atoms with Crippen LogP contribution in [0.1, 0.15) is 264 Å². The molecule has 0 heterocycles. The van der Waals surface area contributed by atoms with Gasteiger partial charge in [-0.3, -0.25) is 9.59 Å². The summed E-state index contributed by atoms with van der Waals surface area (Å²) in [4.78, 5) is 24.4.